The molecule has 0 spiro atoms. The van der Waals surface area contributed by atoms with Crippen molar-refractivity contribution in [3.63, 3.8) is 0 Å². The van der Waals surface area contributed by atoms with Crippen molar-refractivity contribution in [2.45, 2.75) is 18.9 Å². The highest BCUT2D eigenvalue weighted by atomic mass is 19.1. The molecule has 0 radical (unpaired) electrons. The molecule has 0 aliphatic carbocycles. The van der Waals surface area contributed by atoms with E-state index < -0.39 is 12.1 Å². The van der Waals surface area contributed by atoms with Gasteiger partial charge in [-0.1, -0.05) is 60.7 Å². The molecule has 0 aliphatic heterocycles. The second-order valence-corrected chi connectivity index (χ2v) is 8.54. The van der Waals surface area contributed by atoms with Gasteiger partial charge < -0.3 is 19.3 Å². The number of methoxy groups -OCH3 is 1. The highest BCUT2D eigenvalue weighted by molar-refractivity contribution is 5.74. The minimum Gasteiger partial charge on any atom is -0.493 e. The van der Waals surface area contributed by atoms with Crippen molar-refractivity contribution in [1.82, 2.24) is 0 Å². The van der Waals surface area contributed by atoms with Gasteiger partial charge in [-0.05, 0) is 58.7 Å². The predicted molar refractivity (Wildman–Crippen MR) is 141 cm³/mol. The van der Waals surface area contributed by atoms with E-state index in [2.05, 4.69) is 12.1 Å². The van der Waals surface area contributed by atoms with E-state index in [4.69, 9.17) is 14.2 Å². The van der Waals surface area contributed by atoms with Crippen molar-refractivity contribution in [3.8, 4) is 33.8 Å². The molecule has 0 aromatic heterocycles. The van der Waals surface area contributed by atoms with Crippen LogP contribution in [0.3, 0.4) is 0 Å². The number of rotatable bonds is 12. The van der Waals surface area contributed by atoms with Crippen molar-refractivity contribution >= 4 is 5.97 Å². The third-order valence-electron chi connectivity index (χ3n) is 5.96. The number of carboxylic acids is 1. The highest BCUT2D eigenvalue weighted by Crippen LogP contribution is 2.32. The van der Waals surface area contributed by atoms with E-state index in [-0.39, 0.29) is 12.2 Å². The Hall–Kier alpha value is -4.16. The van der Waals surface area contributed by atoms with E-state index in [0.717, 1.165) is 33.6 Å². The maximum Gasteiger partial charge on any atom is 0.333 e. The molecule has 0 amide bonds. The second-order valence-electron chi connectivity index (χ2n) is 8.54. The first-order valence-corrected chi connectivity index (χ1v) is 12.1. The zero-order valence-electron chi connectivity index (χ0n) is 20.6. The summed E-state index contributed by atoms with van der Waals surface area (Å²) in [7, 11) is 1.37. The summed E-state index contributed by atoms with van der Waals surface area (Å²) in [6.45, 7) is 0.911. The molecule has 5 nitrogen and oxygen atoms in total. The summed E-state index contributed by atoms with van der Waals surface area (Å²) in [5.74, 6) is 0.0662. The van der Waals surface area contributed by atoms with Crippen LogP contribution in [-0.4, -0.2) is 37.5 Å². The minimum atomic E-state index is -1.03. The zero-order chi connectivity index (χ0) is 26.0. The van der Waals surface area contributed by atoms with Crippen LogP contribution in [0.5, 0.6) is 11.5 Å². The smallest absolute Gasteiger partial charge is 0.333 e. The van der Waals surface area contributed by atoms with Crippen LogP contribution < -0.4 is 9.47 Å². The van der Waals surface area contributed by atoms with Crippen molar-refractivity contribution in [1.29, 1.82) is 0 Å². The van der Waals surface area contributed by atoms with Crippen LogP contribution in [0.25, 0.3) is 22.3 Å². The third-order valence-corrected chi connectivity index (χ3v) is 5.96. The Morgan fingerprint density at radius 1 is 0.811 bits per heavy atom. The van der Waals surface area contributed by atoms with Crippen molar-refractivity contribution in [2.75, 3.05) is 20.3 Å². The average Bonchev–Trinajstić information content (AvgIpc) is 2.93. The number of benzene rings is 4. The molecular formula is C31H29FO5. The molecule has 4 rings (SSSR count). The lowest BCUT2D eigenvalue weighted by Crippen LogP contribution is -2.24. The molecule has 0 saturated heterocycles. The van der Waals surface area contributed by atoms with Crippen LogP contribution in [0.15, 0.2) is 97.1 Å². The molecule has 1 unspecified atom stereocenters. The Labute approximate surface area is 216 Å². The first kappa shape index (κ1) is 25.9. The lowest BCUT2D eigenvalue weighted by atomic mass is 9.99. The van der Waals surface area contributed by atoms with Gasteiger partial charge in [-0.2, -0.15) is 0 Å². The topological polar surface area (TPSA) is 65.0 Å². The van der Waals surface area contributed by atoms with E-state index in [0.29, 0.717) is 25.4 Å². The number of hydrogen-bond acceptors (Lipinski definition) is 4. The van der Waals surface area contributed by atoms with Crippen LogP contribution in [0.2, 0.25) is 0 Å². The summed E-state index contributed by atoms with van der Waals surface area (Å²) >= 11 is 0. The maximum atomic E-state index is 13.5. The molecule has 0 bridgehead atoms. The minimum absolute atomic E-state index is 0.206. The standard InChI is InChI=1S/C31H29FO5/c1-35-30(31(33)34)21-22-8-17-29(28(20-22)25-9-13-26(32)14-10-25)37-19-5-18-36-27-15-11-24(12-16-27)23-6-3-2-4-7-23/h2-4,6-17,20,30H,5,18-19,21H2,1H3,(H,33,34). The predicted octanol–water partition coefficient (Wildman–Crippen LogP) is 6.65. The number of carbonyl (C=O) groups is 1. The summed E-state index contributed by atoms with van der Waals surface area (Å²) in [4.78, 5) is 11.4. The van der Waals surface area contributed by atoms with Gasteiger partial charge in [-0.25, -0.2) is 9.18 Å². The van der Waals surface area contributed by atoms with E-state index >= 15 is 0 Å². The van der Waals surface area contributed by atoms with Crippen molar-refractivity contribution in [3.05, 3.63) is 108 Å². The normalized spacial score (nSPS) is 11.6. The Bertz CT molecular complexity index is 1290. The summed E-state index contributed by atoms with van der Waals surface area (Å²) in [6.07, 6.45) is -0.0840. The van der Waals surface area contributed by atoms with Gasteiger partial charge in [0.25, 0.3) is 0 Å². The lowest BCUT2D eigenvalue weighted by Gasteiger charge is -2.16. The summed E-state index contributed by atoms with van der Waals surface area (Å²) in [5, 5.41) is 9.32. The Kier molecular flexibility index (Phi) is 8.89. The molecule has 190 valence electrons. The molecule has 37 heavy (non-hydrogen) atoms. The summed E-state index contributed by atoms with van der Waals surface area (Å²) in [6, 6.07) is 29.8. The molecule has 1 N–H and O–H groups in total. The molecule has 0 saturated carbocycles. The number of aliphatic carboxylic acids is 1. The molecule has 1 atom stereocenters. The molecule has 0 aliphatic rings. The van der Waals surface area contributed by atoms with E-state index in [1.165, 1.54) is 19.2 Å². The number of ether oxygens (including phenoxy) is 3. The van der Waals surface area contributed by atoms with Gasteiger partial charge in [0.1, 0.15) is 17.3 Å². The third kappa shape index (κ3) is 7.18. The Morgan fingerprint density at radius 2 is 1.46 bits per heavy atom. The Balaban J connectivity index is 1.36. The summed E-state index contributed by atoms with van der Waals surface area (Å²) < 4.78 is 30.5. The van der Waals surface area contributed by atoms with E-state index in [1.807, 2.05) is 60.7 Å². The van der Waals surface area contributed by atoms with Crippen LogP contribution >= 0.6 is 0 Å². The molecular weight excluding hydrogens is 471 g/mol. The quantitative estimate of drug-likeness (QED) is 0.221. The molecule has 0 heterocycles. The lowest BCUT2D eigenvalue weighted by molar-refractivity contribution is -0.148. The van der Waals surface area contributed by atoms with E-state index in [1.54, 1.807) is 12.1 Å². The SMILES string of the molecule is COC(Cc1ccc(OCCCOc2ccc(-c3ccccc3)cc2)c(-c2ccc(F)cc2)c1)C(=O)O. The van der Waals surface area contributed by atoms with Gasteiger partial charge in [-0.3, -0.25) is 0 Å². The van der Waals surface area contributed by atoms with Gasteiger partial charge in [0.2, 0.25) is 0 Å². The maximum absolute atomic E-state index is 13.5. The summed E-state index contributed by atoms with van der Waals surface area (Å²) in [5.41, 5.74) is 4.61. The van der Waals surface area contributed by atoms with Crippen LogP contribution in [0.1, 0.15) is 12.0 Å². The highest BCUT2D eigenvalue weighted by Gasteiger charge is 2.18. The largest absolute Gasteiger partial charge is 0.493 e. The fourth-order valence-corrected chi connectivity index (χ4v) is 3.98. The number of carboxylic acid groups (broad SMARTS) is 1. The second kappa shape index (κ2) is 12.7. The van der Waals surface area contributed by atoms with Gasteiger partial charge in [0, 0.05) is 25.5 Å². The van der Waals surface area contributed by atoms with Gasteiger partial charge in [0.15, 0.2) is 6.10 Å². The molecule has 6 heteroatoms. The first-order valence-electron chi connectivity index (χ1n) is 12.1. The van der Waals surface area contributed by atoms with Crippen LogP contribution in [0, 0.1) is 5.82 Å². The van der Waals surface area contributed by atoms with Crippen molar-refractivity contribution < 1.29 is 28.5 Å². The molecule has 4 aromatic carbocycles. The number of hydrogen-bond donors (Lipinski definition) is 1. The van der Waals surface area contributed by atoms with Crippen molar-refractivity contribution in [2.24, 2.45) is 0 Å². The fourth-order valence-electron chi connectivity index (χ4n) is 3.98. The fraction of sp³-hybridized carbons (Fsp3) is 0.194. The number of halogens is 1. The monoisotopic (exact) mass is 500 g/mol. The molecule has 0 fully saturated rings. The van der Waals surface area contributed by atoms with Gasteiger partial charge in [0.05, 0.1) is 13.2 Å². The van der Waals surface area contributed by atoms with E-state index in [9.17, 15) is 14.3 Å². The zero-order valence-corrected chi connectivity index (χ0v) is 20.6. The van der Waals surface area contributed by atoms with Gasteiger partial charge in [-0.15, -0.1) is 0 Å². The molecule has 4 aromatic rings. The Morgan fingerprint density at radius 3 is 2.14 bits per heavy atom. The van der Waals surface area contributed by atoms with Gasteiger partial charge >= 0.3 is 5.97 Å². The van der Waals surface area contributed by atoms with Crippen LogP contribution in [-0.2, 0) is 16.0 Å². The van der Waals surface area contributed by atoms with Crippen LogP contribution in [0.4, 0.5) is 4.39 Å². The first-order chi connectivity index (χ1) is 18.0. The average molecular weight is 501 g/mol.